The summed E-state index contributed by atoms with van der Waals surface area (Å²) in [5.41, 5.74) is 2.75. The average molecular weight is 242 g/mol. The number of fused-ring (bicyclic) bond motifs is 1. The number of carbonyl (C=O) groups excluding carboxylic acids is 1. The zero-order valence-electron chi connectivity index (χ0n) is 10.1. The lowest BCUT2D eigenvalue weighted by atomic mass is 9.98. The number of hydrogen-bond acceptors (Lipinski definition) is 4. The quantitative estimate of drug-likeness (QED) is 0.817. The minimum Gasteiger partial charge on any atom is -0.385 e. The van der Waals surface area contributed by atoms with Crippen molar-refractivity contribution in [3.8, 4) is 0 Å². The molecule has 0 fully saturated rings. The van der Waals surface area contributed by atoms with E-state index in [1.807, 2.05) is 12.1 Å². The summed E-state index contributed by atoms with van der Waals surface area (Å²) in [6.07, 6.45) is 2.67. The third kappa shape index (κ3) is 1.77. The molecule has 1 unspecified atom stereocenters. The van der Waals surface area contributed by atoms with Crippen LogP contribution in [0.5, 0.6) is 0 Å². The molecule has 1 aromatic heterocycles. The summed E-state index contributed by atoms with van der Waals surface area (Å²) >= 11 is 0. The van der Waals surface area contributed by atoms with Crippen LogP contribution in [-0.4, -0.2) is 27.3 Å². The van der Waals surface area contributed by atoms with Crippen molar-refractivity contribution in [2.24, 2.45) is 0 Å². The van der Waals surface area contributed by atoms with E-state index in [0.717, 1.165) is 18.7 Å². The summed E-state index contributed by atoms with van der Waals surface area (Å²) in [5.74, 6) is -0.0523. The van der Waals surface area contributed by atoms with Gasteiger partial charge in [0.1, 0.15) is 5.69 Å². The molecule has 1 aliphatic heterocycles. The van der Waals surface area contributed by atoms with Gasteiger partial charge in [-0.05, 0) is 18.1 Å². The Morgan fingerprint density at radius 1 is 1.44 bits per heavy atom. The second kappa shape index (κ2) is 4.25. The molecule has 1 aromatic carbocycles. The zero-order chi connectivity index (χ0) is 12.5. The minimum absolute atomic E-state index is 0.0523. The molecule has 5 heteroatoms. The third-order valence-electron chi connectivity index (χ3n) is 3.24. The van der Waals surface area contributed by atoms with Gasteiger partial charge in [-0.1, -0.05) is 23.4 Å². The Labute approximate surface area is 105 Å². The second-order valence-electron chi connectivity index (χ2n) is 4.46. The van der Waals surface area contributed by atoms with Gasteiger partial charge in [-0.2, -0.15) is 0 Å². The number of benzene rings is 1. The zero-order valence-corrected chi connectivity index (χ0v) is 10.1. The lowest BCUT2D eigenvalue weighted by Crippen LogP contribution is -2.22. The molecule has 1 atom stereocenters. The van der Waals surface area contributed by atoms with Crippen LogP contribution < -0.4 is 5.32 Å². The molecule has 2 heterocycles. The lowest BCUT2D eigenvalue weighted by Gasteiger charge is -2.26. The molecule has 0 aliphatic carbocycles. The predicted octanol–water partition coefficient (Wildman–Crippen LogP) is 1.89. The van der Waals surface area contributed by atoms with Crippen LogP contribution in [0.4, 0.5) is 5.69 Å². The van der Waals surface area contributed by atoms with Crippen LogP contribution in [0.1, 0.15) is 35.4 Å². The van der Waals surface area contributed by atoms with E-state index in [0.29, 0.717) is 5.69 Å². The number of Topliss-reactive ketones (excluding diaryl/α,β-unsaturated/α-hetero) is 1. The molecule has 0 radical (unpaired) electrons. The Kier molecular flexibility index (Phi) is 2.59. The van der Waals surface area contributed by atoms with Gasteiger partial charge in [-0.3, -0.25) is 4.79 Å². The Morgan fingerprint density at radius 3 is 3.06 bits per heavy atom. The summed E-state index contributed by atoms with van der Waals surface area (Å²) < 4.78 is 1.79. The average Bonchev–Trinajstić information content (AvgIpc) is 2.87. The Morgan fingerprint density at radius 2 is 2.28 bits per heavy atom. The van der Waals surface area contributed by atoms with E-state index in [4.69, 9.17) is 0 Å². The second-order valence-corrected chi connectivity index (χ2v) is 4.46. The summed E-state index contributed by atoms with van der Waals surface area (Å²) in [7, 11) is 0. The molecule has 0 amide bonds. The number of rotatable bonds is 2. The summed E-state index contributed by atoms with van der Waals surface area (Å²) in [4.78, 5) is 11.3. The fourth-order valence-electron chi connectivity index (χ4n) is 2.31. The SMILES string of the molecule is CC(=O)c1cn(C2CCNc3ccccc32)nn1. The first kappa shape index (κ1) is 11.0. The van der Waals surface area contributed by atoms with Crippen molar-refractivity contribution in [2.45, 2.75) is 19.4 Å². The molecule has 1 aliphatic rings. The largest absolute Gasteiger partial charge is 0.385 e. The monoisotopic (exact) mass is 242 g/mol. The third-order valence-corrected chi connectivity index (χ3v) is 3.24. The van der Waals surface area contributed by atoms with E-state index < -0.39 is 0 Å². The molecule has 0 saturated heterocycles. The number of carbonyl (C=O) groups is 1. The first-order valence-corrected chi connectivity index (χ1v) is 6.01. The number of ketones is 1. The van der Waals surface area contributed by atoms with Crippen molar-refractivity contribution in [3.05, 3.63) is 41.7 Å². The Hall–Kier alpha value is -2.17. The topological polar surface area (TPSA) is 59.8 Å². The number of hydrogen-bond donors (Lipinski definition) is 1. The van der Waals surface area contributed by atoms with Crippen molar-refractivity contribution < 1.29 is 4.79 Å². The fourth-order valence-corrected chi connectivity index (χ4v) is 2.31. The van der Waals surface area contributed by atoms with Gasteiger partial charge in [0.05, 0.1) is 12.2 Å². The molecule has 5 nitrogen and oxygen atoms in total. The van der Waals surface area contributed by atoms with Crippen LogP contribution >= 0.6 is 0 Å². The van der Waals surface area contributed by atoms with Gasteiger partial charge >= 0.3 is 0 Å². The highest BCUT2D eigenvalue weighted by Gasteiger charge is 2.22. The molecule has 0 spiro atoms. The van der Waals surface area contributed by atoms with E-state index >= 15 is 0 Å². The summed E-state index contributed by atoms with van der Waals surface area (Å²) in [5, 5.41) is 11.3. The smallest absolute Gasteiger partial charge is 0.181 e. The molecule has 0 bridgehead atoms. The molecule has 0 saturated carbocycles. The molecule has 1 N–H and O–H groups in total. The van der Waals surface area contributed by atoms with Crippen molar-refractivity contribution in [1.29, 1.82) is 0 Å². The van der Waals surface area contributed by atoms with Gasteiger partial charge in [0.2, 0.25) is 0 Å². The molecular formula is C13H14N4O. The fraction of sp³-hybridized carbons (Fsp3) is 0.308. The maximum Gasteiger partial charge on any atom is 0.181 e. The minimum atomic E-state index is -0.0523. The molecule has 2 aromatic rings. The predicted molar refractivity (Wildman–Crippen MR) is 67.7 cm³/mol. The molecule has 3 rings (SSSR count). The van der Waals surface area contributed by atoms with Gasteiger partial charge < -0.3 is 5.32 Å². The van der Waals surface area contributed by atoms with Gasteiger partial charge in [-0.15, -0.1) is 5.10 Å². The molecule has 18 heavy (non-hydrogen) atoms. The number of anilines is 1. The van der Waals surface area contributed by atoms with Gasteiger partial charge in [-0.25, -0.2) is 4.68 Å². The van der Waals surface area contributed by atoms with Crippen molar-refractivity contribution >= 4 is 11.5 Å². The van der Waals surface area contributed by atoms with Gasteiger partial charge in [0.15, 0.2) is 5.78 Å². The van der Waals surface area contributed by atoms with Crippen molar-refractivity contribution in [1.82, 2.24) is 15.0 Å². The van der Waals surface area contributed by atoms with Crippen LogP contribution in [0.3, 0.4) is 0 Å². The highest BCUT2D eigenvalue weighted by Crippen LogP contribution is 2.31. The number of para-hydroxylation sites is 1. The van der Waals surface area contributed by atoms with Crippen LogP contribution in [0.2, 0.25) is 0 Å². The number of nitrogens with zero attached hydrogens (tertiary/aromatic N) is 3. The van der Waals surface area contributed by atoms with E-state index in [2.05, 4.69) is 27.8 Å². The Bertz CT molecular complexity index is 590. The lowest BCUT2D eigenvalue weighted by molar-refractivity contribution is 0.101. The standard InChI is InChI=1S/C13H14N4O/c1-9(18)12-8-17(16-15-12)13-6-7-14-11-5-3-2-4-10(11)13/h2-5,8,13-14H,6-7H2,1H3. The van der Waals surface area contributed by atoms with Crippen molar-refractivity contribution in [3.63, 3.8) is 0 Å². The Balaban J connectivity index is 2.00. The van der Waals surface area contributed by atoms with Crippen LogP contribution in [0.25, 0.3) is 0 Å². The van der Waals surface area contributed by atoms with E-state index in [-0.39, 0.29) is 11.8 Å². The summed E-state index contributed by atoms with van der Waals surface area (Å²) in [6, 6.07) is 8.33. The maximum absolute atomic E-state index is 11.3. The van der Waals surface area contributed by atoms with E-state index in [9.17, 15) is 4.79 Å². The normalized spacial score (nSPS) is 17.9. The highest BCUT2D eigenvalue weighted by atomic mass is 16.1. The van der Waals surface area contributed by atoms with E-state index in [1.165, 1.54) is 12.5 Å². The van der Waals surface area contributed by atoms with Crippen LogP contribution in [-0.2, 0) is 0 Å². The van der Waals surface area contributed by atoms with Crippen LogP contribution in [0, 0.1) is 0 Å². The maximum atomic E-state index is 11.3. The van der Waals surface area contributed by atoms with Crippen LogP contribution in [0.15, 0.2) is 30.5 Å². The van der Waals surface area contributed by atoms with E-state index in [1.54, 1.807) is 10.9 Å². The van der Waals surface area contributed by atoms with Gasteiger partial charge in [0, 0.05) is 19.2 Å². The molecular weight excluding hydrogens is 228 g/mol. The first-order chi connectivity index (χ1) is 8.75. The molecule has 92 valence electrons. The summed E-state index contributed by atoms with van der Waals surface area (Å²) in [6.45, 7) is 2.40. The number of aromatic nitrogens is 3. The number of nitrogens with one attached hydrogen (secondary N) is 1. The van der Waals surface area contributed by atoms with Gasteiger partial charge in [0.25, 0.3) is 0 Å². The first-order valence-electron chi connectivity index (χ1n) is 6.01. The van der Waals surface area contributed by atoms with Crippen molar-refractivity contribution in [2.75, 3.05) is 11.9 Å². The highest BCUT2D eigenvalue weighted by molar-refractivity contribution is 5.91.